The van der Waals surface area contributed by atoms with E-state index >= 15 is 0 Å². The highest BCUT2D eigenvalue weighted by Crippen LogP contribution is 2.13. The summed E-state index contributed by atoms with van der Waals surface area (Å²) in [5, 5.41) is 2.00. The van der Waals surface area contributed by atoms with E-state index in [1.54, 1.807) is 11.3 Å². The van der Waals surface area contributed by atoms with Crippen LogP contribution in [0.15, 0.2) is 42.3 Å². The van der Waals surface area contributed by atoms with Crippen LogP contribution >= 0.6 is 11.3 Å². The first-order chi connectivity index (χ1) is 11.8. The predicted molar refractivity (Wildman–Crippen MR) is 92.9 cm³/mol. The smallest absolute Gasteiger partial charge is 0.228 e. The van der Waals surface area contributed by atoms with Gasteiger partial charge in [0.05, 0.1) is 12.1 Å². The predicted octanol–water partition coefficient (Wildman–Crippen LogP) is 1.68. The number of carbonyl (C=O) groups is 1. The Balaban J connectivity index is 1.30. The number of pyridine rings is 1. The van der Waals surface area contributed by atoms with Gasteiger partial charge in [-0.25, -0.2) is 4.98 Å². The van der Waals surface area contributed by atoms with Crippen LogP contribution < -0.4 is 0 Å². The Bertz CT molecular complexity index is 791. The van der Waals surface area contributed by atoms with Crippen LogP contribution in [0.2, 0.25) is 0 Å². The fourth-order valence-electron chi connectivity index (χ4n) is 3.03. The summed E-state index contributed by atoms with van der Waals surface area (Å²) in [6.07, 6.45) is 7.96. The van der Waals surface area contributed by atoms with E-state index in [9.17, 15) is 4.79 Å². The van der Waals surface area contributed by atoms with Gasteiger partial charge in [0, 0.05) is 62.9 Å². The molecule has 3 aromatic heterocycles. The number of carbonyl (C=O) groups excluding carboxylic acids is 1. The summed E-state index contributed by atoms with van der Waals surface area (Å²) in [6, 6.07) is 4.09. The van der Waals surface area contributed by atoms with Crippen molar-refractivity contribution in [1.82, 2.24) is 24.2 Å². The zero-order valence-electron chi connectivity index (χ0n) is 13.3. The van der Waals surface area contributed by atoms with E-state index in [-0.39, 0.29) is 5.91 Å². The van der Waals surface area contributed by atoms with Gasteiger partial charge in [-0.3, -0.25) is 19.1 Å². The first-order valence-corrected chi connectivity index (χ1v) is 8.96. The van der Waals surface area contributed by atoms with Crippen molar-refractivity contribution < 1.29 is 4.79 Å². The van der Waals surface area contributed by atoms with E-state index in [1.807, 2.05) is 51.6 Å². The van der Waals surface area contributed by atoms with Gasteiger partial charge in [-0.15, -0.1) is 11.3 Å². The molecule has 1 aliphatic rings. The zero-order chi connectivity index (χ0) is 16.4. The number of amides is 1. The van der Waals surface area contributed by atoms with Crippen LogP contribution in [0.5, 0.6) is 0 Å². The summed E-state index contributed by atoms with van der Waals surface area (Å²) in [7, 11) is 0. The van der Waals surface area contributed by atoms with E-state index in [2.05, 4.69) is 14.9 Å². The Morgan fingerprint density at radius 1 is 1.17 bits per heavy atom. The molecule has 0 aromatic carbocycles. The molecule has 0 N–H and O–H groups in total. The molecule has 0 saturated carbocycles. The van der Waals surface area contributed by atoms with Crippen LogP contribution in [0.25, 0.3) is 4.96 Å². The Morgan fingerprint density at radius 3 is 2.71 bits per heavy atom. The first kappa shape index (κ1) is 15.3. The average molecular weight is 341 g/mol. The number of imidazole rings is 1. The molecule has 1 saturated heterocycles. The fourth-order valence-corrected chi connectivity index (χ4v) is 3.75. The van der Waals surface area contributed by atoms with Crippen LogP contribution in [-0.2, 0) is 17.8 Å². The molecule has 6 nitrogen and oxygen atoms in total. The molecule has 0 atom stereocenters. The third-order valence-electron chi connectivity index (χ3n) is 4.36. The monoisotopic (exact) mass is 341 g/mol. The Kier molecular flexibility index (Phi) is 4.27. The van der Waals surface area contributed by atoms with Gasteiger partial charge in [0.1, 0.15) is 0 Å². The lowest BCUT2D eigenvalue weighted by atomic mass is 10.2. The van der Waals surface area contributed by atoms with Crippen LogP contribution in [0, 0.1) is 0 Å². The van der Waals surface area contributed by atoms with Crippen molar-refractivity contribution >= 4 is 22.2 Å². The minimum absolute atomic E-state index is 0.171. The van der Waals surface area contributed by atoms with Crippen molar-refractivity contribution in [2.45, 2.75) is 13.0 Å². The van der Waals surface area contributed by atoms with Crippen LogP contribution in [0.1, 0.15) is 11.3 Å². The maximum Gasteiger partial charge on any atom is 0.228 e. The molecular formula is C17H19N5OS. The summed E-state index contributed by atoms with van der Waals surface area (Å²) in [6.45, 7) is 4.30. The SMILES string of the molecule is O=C(Cc1cn2ccsc2n1)N1CCN(Cc2ccncc2)CC1. The summed E-state index contributed by atoms with van der Waals surface area (Å²) in [5.74, 6) is 0.171. The van der Waals surface area contributed by atoms with Gasteiger partial charge in [0.2, 0.25) is 5.91 Å². The van der Waals surface area contributed by atoms with E-state index in [1.165, 1.54) is 5.56 Å². The number of fused-ring (bicyclic) bond motifs is 1. The van der Waals surface area contributed by atoms with E-state index < -0.39 is 0 Å². The van der Waals surface area contributed by atoms with Gasteiger partial charge in [0.25, 0.3) is 0 Å². The second-order valence-corrected chi connectivity index (χ2v) is 6.89. The minimum Gasteiger partial charge on any atom is -0.340 e. The summed E-state index contributed by atoms with van der Waals surface area (Å²) in [5.41, 5.74) is 2.12. The first-order valence-electron chi connectivity index (χ1n) is 8.08. The quantitative estimate of drug-likeness (QED) is 0.724. The number of thiazole rings is 1. The van der Waals surface area contributed by atoms with Gasteiger partial charge in [0.15, 0.2) is 4.96 Å². The molecule has 7 heteroatoms. The minimum atomic E-state index is 0.171. The molecular weight excluding hydrogens is 322 g/mol. The molecule has 0 spiro atoms. The normalized spacial score (nSPS) is 15.9. The van der Waals surface area contributed by atoms with Gasteiger partial charge >= 0.3 is 0 Å². The molecule has 4 rings (SSSR count). The molecule has 24 heavy (non-hydrogen) atoms. The largest absolute Gasteiger partial charge is 0.340 e. The maximum absolute atomic E-state index is 12.5. The molecule has 0 unspecified atom stereocenters. The second kappa shape index (κ2) is 6.70. The number of hydrogen-bond donors (Lipinski definition) is 0. The standard InChI is InChI=1S/C17H19N5OS/c23-16(11-15-13-22-9-10-24-17(22)19-15)21-7-5-20(6-8-21)12-14-1-3-18-4-2-14/h1-4,9-10,13H,5-8,11-12H2. The van der Waals surface area contributed by atoms with Crippen LogP contribution in [0.4, 0.5) is 0 Å². The molecule has 4 heterocycles. The highest BCUT2D eigenvalue weighted by Gasteiger charge is 2.22. The molecule has 1 fully saturated rings. The zero-order valence-corrected chi connectivity index (χ0v) is 14.2. The Labute approximate surface area is 144 Å². The lowest BCUT2D eigenvalue weighted by molar-refractivity contribution is -0.132. The average Bonchev–Trinajstić information content (AvgIpc) is 3.18. The van der Waals surface area contributed by atoms with Gasteiger partial charge in [-0.05, 0) is 17.7 Å². The molecule has 0 radical (unpaired) electrons. The van der Waals surface area contributed by atoms with Crippen molar-refractivity contribution in [3.63, 3.8) is 0 Å². The number of nitrogens with zero attached hydrogens (tertiary/aromatic N) is 5. The van der Waals surface area contributed by atoms with E-state index in [0.29, 0.717) is 6.42 Å². The molecule has 0 aliphatic carbocycles. The number of hydrogen-bond acceptors (Lipinski definition) is 5. The van der Waals surface area contributed by atoms with Crippen molar-refractivity contribution in [1.29, 1.82) is 0 Å². The molecule has 1 amide bonds. The molecule has 0 bridgehead atoms. The van der Waals surface area contributed by atoms with E-state index in [4.69, 9.17) is 0 Å². The number of piperazine rings is 1. The van der Waals surface area contributed by atoms with Gasteiger partial charge < -0.3 is 4.90 Å². The highest BCUT2D eigenvalue weighted by molar-refractivity contribution is 7.15. The Morgan fingerprint density at radius 2 is 1.96 bits per heavy atom. The van der Waals surface area contributed by atoms with Crippen molar-refractivity contribution in [2.24, 2.45) is 0 Å². The number of aromatic nitrogens is 3. The van der Waals surface area contributed by atoms with Crippen LogP contribution in [0.3, 0.4) is 0 Å². The van der Waals surface area contributed by atoms with Gasteiger partial charge in [-0.2, -0.15) is 0 Å². The molecule has 124 valence electrons. The Hall–Kier alpha value is -2.25. The number of rotatable bonds is 4. The van der Waals surface area contributed by atoms with Crippen molar-refractivity contribution in [2.75, 3.05) is 26.2 Å². The van der Waals surface area contributed by atoms with Gasteiger partial charge in [-0.1, -0.05) is 0 Å². The second-order valence-electron chi connectivity index (χ2n) is 6.01. The fraction of sp³-hybridized carbons (Fsp3) is 0.353. The van der Waals surface area contributed by atoms with Crippen LogP contribution in [-0.4, -0.2) is 56.3 Å². The molecule has 1 aliphatic heterocycles. The van der Waals surface area contributed by atoms with E-state index in [0.717, 1.165) is 43.4 Å². The summed E-state index contributed by atoms with van der Waals surface area (Å²) in [4.78, 5) is 26.3. The highest BCUT2D eigenvalue weighted by atomic mass is 32.1. The lowest BCUT2D eigenvalue weighted by Crippen LogP contribution is -2.48. The maximum atomic E-state index is 12.5. The third-order valence-corrected chi connectivity index (χ3v) is 5.13. The lowest BCUT2D eigenvalue weighted by Gasteiger charge is -2.34. The van der Waals surface area contributed by atoms with Crippen molar-refractivity contribution in [3.8, 4) is 0 Å². The van der Waals surface area contributed by atoms with Crippen molar-refractivity contribution in [3.05, 3.63) is 53.6 Å². The topological polar surface area (TPSA) is 53.7 Å². The third kappa shape index (κ3) is 3.32. The summed E-state index contributed by atoms with van der Waals surface area (Å²) < 4.78 is 1.97. The summed E-state index contributed by atoms with van der Waals surface area (Å²) >= 11 is 1.59. The molecule has 3 aromatic rings.